The molecule has 29 heavy (non-hydrogen) atoms. The number of aromatic amines is 1. The van der Waals surface area contributed by atoms with Crippen LogP contribution in [0.1, 0.15) is 22.1 Å². The van der Waals surface area contributed by atoms with Gasteiger partial charge in [-0.3, -0.25) is 4.79 Å². The zero-order chi connectivity index (χ0) is 20.5. The molecule has 11 heteroatoms. The van der Waals surface area contributed by atoms with Crippen LogP contribution in [-0.4, -0.2) is 24.8 Å². The number of H-pyrrole nitrogens is 1. The van der Waals surface area contributed by atoms with E-state index in [1.54, 1.807) is 0 Å². The smallest absolute Gasteiger partial charge is 0.259 e. The quantitative estimate of drug-likeness (QED) is 0.356. The summed E-state index contributed by atoms with van der Waals surface area (Å²) in [6.07, 6.45) is 0. The molecule has 0 spiro atoms. The monoisotopic (exact) mass is 432 g/mol. The molecule has 150 valence electrons. The van der Waals surface area contributed by atoms with Crippen molar-refractivity contribution in [2.75, 3.05) is 5.84 Å². The molecular formula is C18H17FN6O2S2. The fraction of sp³-hybridized carbons (Fsp3) is 0.222. The van der Waals surface area contributed by atoms with Crippen molar-refractivity contribution in [2.45, 2.75) is 31.4 Å². The first kappa shape index (κ1) is 19.4. The first-order valence-electron chi connectivity index (χ1n) is 8.62. The lowest BCUT2D eigenvalue weighted by Crippen LogP contribution is -2.16. The van der Waals surface area contributed by atoms with Gasteiger partial charge in [-0.15, -0.1) is 21.5 Å². The normalized spacial score (nSPS) is 11.3. The zero-order valence-electron chi connectivity index (χ0n) is 15.6. The first-order chi connectivity index (χ1) is 13.9. The zero-order valence-corrected chi connectivity index (χ0v) is 17.2. The highest BCUT2D eigenvalue weighted by Gasteiger charge is 2.14. The van der Waals surface area contributed by atoms with E-state index in [9.17, 15) is 9.18 Å². The number of nitrogens with zero attached hydrogens (tertiary/aromatic N) is 4. The van der Waals surface area contributed by atoms with E-state index in [1.165, 1.54) is 52.0 Å². The number of rotatable bonds is 6. The van der Waals surface area contributed by atoms with Crippen LogP contribution in [0.4, 0.5) is 4.39 Å². The number of aryl methyl sites for hydroxylation is 2. The predicted molar refractivity (Wildman–Crippen MR) is 110 cm³/mol. The van der Waals surface area contributed by atoms with Gasteiger partial charge in [0.25, 0.3) is 5.56 Å². The lowest BCUT2D eigenvalue weighted by Gasteiger charge is -2.06. The highest BCUT2D eigenvalue weighted by atomic mass is 32.2. The molecule has 3 heterocycles. The highest BCUT2D eigenvalue weighted by molar-refractivity contribution is 7.98. The topological polar surface area (TPSA) is 112 Å². The van der Waals surface area contributed by atoms with E-state index in [0.717, 1.165) is 15.3 Å². The van der Waals surface area contributed by atoms with Crippen LogP contribution in [0, 0.1) is 19.7 Å². The van der Waals surface area contributed by atoms with Crippen LogP contribution >= 0.6 is 23.1 Å². The SMILES string of the molecule is Cc1sc2nc(CSc3nnc(COc4ccc(F)cc4)n3N)[nH]c(=O)c2c1C. The third kappa shape index (κ3) is 3.96. The maximum Gasteiger partial charge on any atom is 0.259 e. The molecule has 0 unspecified atom stereocenters. The van der Waals surface area contributed by atoms with Crippen LogP contribution in [0.3, 0.4) is 0 Å². The standard InChI is InChI=1S/C18H17FN6O2S2/c1-9-10(2)29-17-15(9)16(26)21-13(22-17)8-28-18-24-23-14(25(18)20)7-27-12-5-3-11(19)4-6-12/h3-6H,7-8,20H2,1-2H3,(H,21,22,26). The van der Waals surface area contributed by atoms with Crippen LogP contribution in [0.25, 0.3) is 10.2 Å². The Balaban J connectivity index is 1.44. The minimum absolute atomic E-state index is 0.0878. The molecule has 0 bridgehead atoms. The van der Waals surface area contributed by atoms with Crippen molar-refractivity contribution in [1.82, 2.24) is 24.8 Å². The number of ether oxygens (including phenoxy) is 1. The number of fused-ring (bicyclic) bond motifs is 1. The van der Waals surface area contributed by atoms with E-state index in [1.807, 2.05) is 13.8 Å². The molecule has 0 aliphatic heterocycles. The van der Waals surface area contributed by atoms with Crippen LogP contribution in [0.5, 0.6) is 5.75 Å². The number of aromatic nitrogens is 5. The van der Waals surface area contributed by atoms with E-state index in [-0.39, 0.29) is 18.0 Å². The van der Waals surface area contributed by atoms with Gasteiger partial charge in [-0.1, -0.05) is 11.8 Å². The molecule has 3 aromatic heterocycles. The summed E-state index contributed by atoms with van der Waals surface area (Å²) in [4.78, 5) is 21.5. The molecule has 8 nitrogen and oxygen atoms in total. The number of thiophene rings is 1. The molecule has 0 amide bonds. The Labute approximate surface area is 172 Å². The van der Waals surface area contributed by atoms with Crippen molar-refractivity contribution in [3.8, 4) is 5.75 Å². The second-order valence-corrected chi connectivity index (χ2v) is 8.42. The van der Waals surface area contributed by atoms with Gasteiger partial charge in [-0.25, -0.2) is 14.1 Å². The Hall–Kier alpha value is -2.92. The summed E-state index contributed by atoms with van der Waals surface area (Å²) in [7, 11) is 0. The Kier molecular flexibility index (Phi) is 5.24. The minimum Gasteiger partial charge on any atom is -0.486 e. The molecule has 4 aromatic rings. The summed E-state index contributed by atoms with van der Waals surface area (Å²) >= 11 is 2.81. The van der Waals surface area contributed by atoms with Gasteiger partial charge >= 0.3 is 0 Å². The fourth-order valence-corrected chi connectivity index (χ4v) is 4.48. The molecular weight excluding hydrogens is 415 g/mol. The van der Waals surface area contributed by atoms with Crippen LogP contribution in [0.15, 0.2) is 34.2 Å². The Bertz CT molecular complexity index is 1230. The molecule has 0 fully saturated rings. The number of nitrogens with two attached hydrogens (primary N) is 1. The summed E-state index contributed by atoms with van der Waals surface area (Å²) in [5.74, 6) is 7.54. The second kappa shape index (κ2) is 7.84. The summed E-state index contributed by atoms with van der Waals surface area (Å²) in [6.45, 7) is 3.98. The highest BCUT2D eigenvalue weighted by Crippen LogP contribution is 2.27. The lowest BCUT2D eigenvalue weighted by atomic mass is 10.2. The van der Waals surface area contributed by atoms with Gasteiger partial charge in [-0.2, -0.15) is 0 Å². The van der Waals surface area contributed by atoms with Crippen LogP contribution < -0.4 is 16.1 Å². The van der Waals surface area contributed by atoms with Gasteiger partial charge in [0, 0.05) is 4.88 Å². The number of benzene rings is 1. The third-order valence-corrected chi connectivity index (χ3v) is 6.40. The Morgan fingerprint density at radius 2 is 2.03 bits per heavy atom. The lowest BCUT2D eigenvalue weighted by molar-refractivity contribution is 0.291. The molecule has 0 saturated carbocycles. The molecule has 1 aromatic carbocycles. The maximum atomic E-state index is 12.9. The summed E-state index contributed by atoms with van der Waals surface area (Å²) in [5, 5.41) is 9.18. The number of nitrogen functional groups attached to an aromatic ring is 1. The van der Waals surface area contributed by atoms with Gasteiger partial charge in [-0.05, 0) is 43.7 Å². The summed E-state index contributed by atoms with van der Waals surface area (Å²) in [5.41, 5.74) is 0.820. The average Bonchev–Trinajstić information content (AvgIpc) is 3.19. The second-order valence-electron chi connectivity index (χ2n) is 6.28. The molecule has 0 saturated heterocycles. The van der Waals surface area contributed by atoms with E-state index in [2.05, 4.69) is 20.2 Å². The third-order valence-electron chi connectivity index (χ3n) is 4.34. The Morgan fingerprint density at radius 3 is 2.79 bits per heavy atom. The van der Waals surface area contributed by atoms with Crippen molar-refractivity contribution < 1.29 is 9.13 Å². The van der Waals surface area contributed by atoms with Gasteiger partial charge in [0.1, 0.15) is 28.8 Å². The van der Waals surface area contributed by atoms with E-state index >= 15 is 0 Å². The van der Waals surface area contributed by atoms with Crippen LogP contribution in [0.2, 0.25) is 0 Å². The van der Waals surface area contributed by atoms with E-state index < -0.39 is 0 Å². The van der Waals surface area contributed by atoms with Gasteiger partial charge in [0.05, 0.1) is 11.1 Å². The molecule has 3 N–H and O–H groups in total. The summed E-state index contributed by atoms with van der Waals surface area (Å²) < 4.78 is 19.8. The number of halogens is 1. The van der Waals surface area contributed by atoms with Gasteiger partial charge in [0.15, 0.2) is 5.82 Å². The van der Waals surface area contributed by atoms with Crippen molar-refractivity contribution in [3.63, 3.8) is 0 Å². The average molecular weight is 433 g/mol. The van der Waals surface area contributed by atoms with Gasteiger partial charge in [0.2, 0.25) is 5.16 Å². The fourth-order valence-electron chi connectivity index (χ4n) is 2.68. The first-order valence-corrected chi connectivity index (χ1v) is 10.4. The van der Waals surface area contributed by atoms with Gasteiger partial charge < -0.3 is 15.6 Å². The summed E-state index contributed by atoms with van der Waals surface area (Å²) in [6, 6.07) is 5.67. The number of thioether (sulfide) groups is 1. The maximum absolute atomic E-state index is 12.9. The van der Waals surface area contributed by atoms with E-state index in [0.29, 0.717) is 33.7 Å². The molecule has 4 rings (SSSR count). The van der Waals surface area contributed by atoms with Crippen LogP contribution in [-0.2, 0) is 12.4 Å². The Morgan fingerprint density at radius 1 is 1.28 bits per heavy atom. The van der Waals surface area contributed by atoms with Crippen molar-refractivity contribution >= 4 is 33.3 Å². The van der Waals surface area contributed by atoms with E-state index in [4.69, 9.17) is 10.6 Å². The number of hydrogen-bond donors (Lipinski definition) is 2. The predicted octanol–water partition coefficient (Wildman–Crippen LogP) is 2.92. The van der Waals surface area contributed by atoms with Crippen molar-refractivity contribution in [2.24, 2.45) is 0 Å². The molecule has 0 aliphatic rings. The molecule has 0 aliphatic carbocycles. The molecule has 0 radical (unpaired) electrons. The molecule has 0 atom stereocenters. The van der Waals surface area contributed by atoms with Crippen molar-refractivity contribution in [1.29, 1.82) is 0 Å². The largest absolute Gasteiger partial charge is 0.486 e. The number of hydrogen-bond acceptors (Lipinski definition) is 8. The number of nitrogens with one attached hydrogen (secondary N) is 1. The van der Waals surface area contributed by atoms with Crippen molar-refractivity contribution in [3.05, 3.63) is 62.5 Å². The minimum atomic E-state index is -0.337.